The predicted molar refractivity (Wildman–Crippen MR) is 31.8 cm³/mol. The van der Waals surface area contributed by atoms with Gasteiger partial charge in [0.2, 0.25) is 0 Å². The minimum absolute atomic E-state index is 0. The Balaban J connectivity index is 0. The maximum Gasteiger partial charge on any atom is 0.303 e. The van der Waals surface area contributed by atoms with Gasteiger partial charge in [0.15, 0.2) is 0 Å². The van der Waals surface area contributed by atoms with E-state index in [2.05, 4.69) is 0 Å². The topological polar surface area (TPSA) is 37.3 Å². The molecular formula is C6H8ClF2O2-. The number of carboxylic acid groups (broad SMARTS) is 1. The molecule has 0 fully saturated rings. The van der Waals surface area contributed by atoms with E-state index in [0.717, 1.165) is 6.08 Å². The standard InChI is InChI=1S/C6H8F2O2.ClH/c7-5(8)3-1-2-4-6(9)10;/h3H,1-2,4H2,(H,9,10);1H/p-1. The van der Waals surface area contributed by atoms with Gasteiger partial charge in [0.1, 0.15) is 0 Å². The number of carbonyl (C=O) groups is 1. The van der Waals surface area contributed by atoms with E-state index in [1.54, 1.807) is 0 Å². The molecule has 0 radical (unpaired) electrons. The maximum atomic E-state index is 11.3. The molecule has 0 bridgehead atoms. The molecule has 0 aliphatic heterocycles. The molecular weight excluding hydrogens is 178 g/mol. The molecule has 2 nitrogen and oxygen atoms in total. The number of rotatable bonds is 4. The molecule has 0 aromatic rings. The first kappa shape index (κ1) is 13.0. The summed E-state index contributed by atoms with van der Waals surface area (Å²) < 4.78 is 22.5. The second-order valence-electron chi connectivity index (χ2n) is 1.78. The van der Waals surface area contributed by atoms with E-state index in [1.165, 1.54) is 0 Å². The van der Waals surface area contributed by atoms with Crippen LogP contribution in [0.3, 0.4) is 0 Å². The first-order chi connectivity index (χ1) is 4.63. The van der Waals surface area contributed by atoms with Crippen LogP contribution in [0.2, 0.25) is 0 Å². The third kappa shape index (κ3) is 12.5. The molecule has 0 spiro atoms. The van der Waals surface area contributed by atoms with Crippen LogP contribution >= 0.6 is 0 Å². The summed E-state index contributed by atoms with van der Waals surface area (Å²) in [6, 6.07) is 0. The van der Waals surface area contributed by atoms with Crippen LogP contribution in [0.15, 0.2) is 12.2 Å². The number of aliphatic carboxylic acids is 1. The van der Waals surface area contributed by atoms with Crippen LogP contribution in [0, 0.1) is 0 Å². The van der Waals surface area contributed by atoms with E-state index in [0.29, 0.717) is 0 Å². The number of halogens is 3. The quantitative estimate of drug-likeness (QED) is 0.572. The van der Waals surface area contributed by atoms with Crippen molar-refractivity contribution in [1.29, 1.82) is 0 Å². The molecule has 66 valence electrons. The lowest BCUT2D eigenvalue weighted by molar-refractivity contribution is -0.137. The molecule has 0 aliphatic rings. The van der Waals surface area contributed by atoms with Crippen molar-refractivity contribution >= 4 is 5.97 Å². The van der Waals surface area contributed by atoms with Gasteiger partial charge in [-0.3, -0.25) is 4.79 Å². The van der Waals surface area contributed by atoms with Gasteiger partial charge in [-0.25, -0.2) is 0 Å². The normalized spacial score (nSPS) is 8.18. The Morgan fingerprint density at radius 1 is 1.45 bits per heavy atom. The minimum Gasteiger partial charge on any atom is -1.00 e. The highest BCUT2D eigenvalue weighted by atomic mass is 35.5. The van der Waals surface area contributed by atoms with Crippen molar-refractivity contribution in [3.8, 4) is 0 Å². The number of carboxylic acids is 1. The highest BCUT2D eigenvalue weighted by Gasteiger charge is 1.94. The van der Waals surface area contributed by atoms with Crippen molar-refractivity contribution in [1.82, 2.24) is 0 Å². The fraction of sp³-hybridized carbons (Fsp3) is 0.500. The van der Waals surface area contributed by atoms with Gasteiger partial charge in [-0.15, -0.1) is 0 Å². The van der Waals surface area contributed by atoms with E-state index < -0.39 is 12.0 Å². The molecule has 0 rings (SSSR count). The van der Waals surface area contributed by atoms with Crippen LogP contribution in [-0.2, 0) is 4.79 Å². The lowest BCUT2D eigenvalue weighted by atomic mass is 10.2. The second kappa shape index (κ2) is 7.47. The average Bonchev–Trinajstić information content (AvgIpc) is 1.79. The lowest BCUT2D eigenvalue weighted by Gasteiger charge is -1.88. The van der Waals surface area contributed by atoms with E-state index in [1.807, 2.05) is 0 Å². The van der Waals surface area contributed by atoms with Crippen LogP contribution in [-0.4, -0.2) is 11.1 Å². The summed E-state index contributed by atoms with van der Waals surface area (Å²) >= 11 is 0. The van der Waals surface area contributed by atoms with Crippen molar-refractivity contribution < 1.29 is 31.1 Å². The Morgan fingerprint density at radius 3 is 2.36 bits per heavy atom. The summed E-state index contributed by atoms with van der Waals surface area (Å²) in [5.41, 5.74) is 0. The van der Waals surface area contributed by atoms with Crippen LogP contribution in [0.25, 0.3) is 0 Å². The van der Waals surface area contributed by atoms with Gasteiger partial charge in [0.25, 0.3) is 6.08 Å². The van der Waals surface area contributed by atoms with Gasteiger partial charge in [-0.2, -0.15) is 8.78 Å². The van der Waals surface area contributed by atoms with Crippen LogP contribution in [0.1, 0.15) is 19.3 Å². The van der Waals surface area contributed by atoms with Crippen molar-refractivity contribution in [2.24, 2.45) is 0 Å². The van der Waals surface area contributed by atoms with Gasteiger partial charge >= 0.3 is 5.97 Å². The third-order valence-corrected chi connectivity index (χ3v) is 0.893. The number of unbranched alkanes of at least 4 members (excludes halogenated alkanes) is 1. The van der Waals surface area contributed by atoms with E-state index in [-0.39, 0.29) is 31.7 Å². The van der Waals surface area contributed by atoms with Crippen molar-refractivity contribution in [3.63, 3.8) is 0 Å². The van der Waals surface area contributed by atoms with Gasteiger partial charge in [-0.05, 0) is 18.9 Å². The summed E-state index contributed by atoms with van der Waals surface area (Å²) in [4.78, 5) is 9.84. The van der Waals surface area contributed by atoms with E-state index in [4.69, 9.17) is 5.11 Å². The molecule has 0 heterocycles. The molecule has 1 N–H and O–H groups in total. The summed E-state index contributed by atoms with van der Waals surface area (Å²) in [5.74, 6) is -0.951. The average molecular weight is 186 g/mol. The van der Waals surface area contributed by atoms with E-state index in [9.17, 15) is 13.6 Å². The van der Waals surface area contributed by atoms with Crippen molar-refractivity contribution in [2.75, 3.05) is 0 Å². The molecule has 0 aliphatic carbocycles. The van der Waals surface area contributed by atoms with Crippen LogP contribution < -0.4 is 12.4 Å². The molecule has 0 unspecified atom stereocenters. The van der Waals surface area contributed by atoms with Gasteiger partial charge in [0, 0.05) is 6.42 Å². The molecule has 0 aromatic heterocycles. The van der Waals surface area contributed by atoms with Gasteiger partial charge < -0.3 is 17.5 Å². The largest absolute Gasteiger partial charge is 1.00 e. The van der Waals surface area contributed by atoms with Crippen molar-refractivity contribution in [2.45, 2.75) is 19.3 Å². The molecule has 0 saturated carbocycles. The molecule has 5 heteroatoms. The Labute approximate surface area is 69.3 Å². The lowest BCUT2D eigenvalue weighted by Crippen LogP contribution is -3.00. The third-order valence-electron chi connectivity index (χ3n) is 0.893. The number of hydrogen-bond acceptors (Lipinski definition) is 1. The number of allylic oxidation sites excluding steroid dienone is 1. The predicted octanol–water partition coefficient (Wildman–Crippen LogP) is -0.974. The molecule has 0 aromatic carbocycles. The first-order valence-electron chi connectivity index (χ1n) is 2.86. The van der Waals surface area contributed by atoms with Crippen molar-refractivity contribution in [3.05, 3.63) is 12.2 Å². The Bertz CT molecular complexity index is 144. The minimum atomic E-state index is -1.75. The Kier molecular flexibility index (Phi) is 8.82. The maximum absolute atomic E-state index is 11.3. The highest BCUT2D eigenvalue weighted by Crippen LogP contribution is 2.02. The smallest absolute Gasteiger partial charge is 0.303 e. The highest BCUT2D eigenvalue weighted by molar-refractivity contribution is 5.66. The summed E-state index contributed by atoms with van der Waals surface area (Å²) in [7, 11) is 0. The van der Waals surface area contributed by atoms with Gasteiger partial charge in [-0.1, -0.05) is 0 Å². The Hall–Kier alpha value is -0.640. The Morgan fingerprint density at radius 2 is 2.00 bits per heavy atom. The van der Waals surface area contributed by atoms with Gasteiger partial charge in [0.05, 0.1) is 0 Å². The fourth-order valence-corrected chi connectivity index (χ4v) is 0.464. The molecule has 0 saturated heterocycles. The van der Waals surface area contributed by atoms with Crippen LogP contribution in [0.5, 0.6) is 0 Å². The van der Waals surface area contributed by atoms with Crippen LogP contribution in [0.4, 0.5) is 8.78 Å². The monoisotopic (exact) mass is 185 g/mol. The zero-order valence-corrected chi connectivity index (χ0v) is 6.44. The summed E-state index contributed by atoms with van der Waals surface area (Å²) in [6.07, 6.45) is -0.668. The molecule has 0 amide bonds. The second-order valence-corrected chi connectivity index (χ2v) is 1.78. The summed E-state index contributed by atoms with van der Waals surface area (Å²) in [6.45, 7) is 0. The molecule has 11 heavy (non-hydrogen) atoms. The van der Waals surface area contributed by atoms with E-state index >= 15 is 0 Å². The fourth-order valence-electron chi connectivity index (χ4n) is 0.464. The first-order valence-corrected chi connectivity index (χ1v) is 2.86. The zero-order chi connectivity index (χ0) is 7.98. The SMILES string of the molecule is O=C(O)CCCC=C(F)F.[Cl-]. The summed E-state index contributed by atoms with van der Waals surface area (Å²) in [5, 5.41) is 8.07. The molecule has 0 atom stereocenters. The zero-order valence-electron chi connectivity index (χ0n) is 5.69. The number of hydrogen-bond donors (Lipinski definition) is 1.